The summed E-state index contributed by atoms with van der Waals surface area (Å²) in [6, 6.07) is 8.24. The molecule has 1 N–H and O–H groups in total. The average Bonchev–Trinajstić information content (AvgIpc) is 2.39. The van der Waals surface area contributed by atoms with Gasteiger partial charge in [-0.1, -0.05) is 18.2 Å². The summed E-state index contributed by atoms with van der Waals surface area (Å²) in [5.41, 5.74) is 4.15. The Hall–Kier alpha value is -1.74. The van der Waals surface area contributed by atoms with Crippen molar-refractivity contribution >= 4 is 0 Å². The van der Waals surface area contributed by atoms with E-state index in [2.05, 4.69) is 5.32 Å². The third-order valence-electron chi connectivity index (χ3n) is 3.71. The molecule has 0 aliphatic heterocycles. The fourth-order valence-corrected chi connectivity index (χ4v) is 2.64. The molecule has 0 aliphatic carbocycles. The Balaban J connectivity index is 2.62. The fourth-order valence-electron chi connectivity index (χ4n) is 2.64. The predicted octanol–water partition coefficient (Wildman–Crippen LogP) is 4.20. The second kappa shape index (κ2) is 5.71. The minimum Gasteiger partial charge on any atom is -0.309 e. The summed E-state index contributed by atoms with van der Waals surface area (Å²) in [5.74, 6) is -1.03. The van der Waals surface area contributed by atoms with Crippen LogP contribution < -0.4 is 5.32 Å². The quantitative estimate of drug-likeness (QED) is 0.885. The SMILES string of the molecule is CNC(c1cc(C)c(F)cc1F)c1c(C)cccc1C. The van der Waals surface area contributed by atoms with E-state index in [4.69, 9.17) is 0 Å². The number of halogens is 2. The van der Waals surface area contributed by atoms with Crippen LogP contribution in [-0.2, 0) is 0 Å². The molecule has 0 saturated carbocycles. The Morgan fingerprint density at radius 2 is 1.50 bits per heavy atom. The van der Waals surface area contributed by atoms with Gasteiger partial charge in [-0.15, -0.1) is 0 Å². The van der Waals surface area contributed by atoms with Crippen molar-refractivity contribution in [3.8, 4) is 0 Å². The predicted molar refractivity (Wildman–Crippen MR) is 77.9 cm³/mol. The lowest BCUT2D eigenvalue weighted by Gasteiger charge is -2.22. The molecule has 0 saturated heterocycles. The molecular formula is C17H19F2N. The van der Waals surface area contributed by atoms with Crippen molar-refractivity contribution < 1.29 is 8.78 Å². The van der Waals surface area contributed by atoms with Crippen LogP contribution in [0.15, 0.2) is 30.3 Å². The van der Waals surface area contributed by atoms with Gasteiger partial charge in [-0.05, 0) is 56.1 Å². The molecule has 1 unspecified atom stereocenters. The molecule has 0 bridgehead atoms. The topological polar surface area (TPSA) is 12.0 Å². The maximum Gasteiger partial charge on any atom is 0.131 e. The first-order valence-corrected chi connectivity index (χ1v) is 6.64. The third kappa shape index (κ3) is 2.59. The van der Waals surface area contributed by atoms with Crippen molar-refractivity contribution in [1.82, 2.24) is 5.32 Å². The van der Waals surface area contributed by atoms with Crippen LogP contribution in [0.25, 0.3) is 0 Å². The van der Waals surface area contributed by atoms with E-state index in [1.807, 2.05) is 32.0 Å². The molecule has 0 radical (unpaired) electrons. The lowest BCUT2D eigenvalue weighted by molar-refractivity contribution is 0.546. The second-order valence-electron chi connectivity index (χ2n) is 5.15. The van der Waals surface area contributed by atoms with Crippen LogP contribution in [0.3, 0.4) is 0 Å². The summed E-state index contributed by atoms with van der Waals surface area (Å²) < 4.78 is 27.6. The number of benzene rings is 2. The van der Waals surface area contributed by atoms with E-state index in [0.29, 0.717) is 11.1 Å². The molecule has 0 spiro atoms. The first kappa shape index (κ1) is 14.7. The number of hydrogen-bond donors (Lipinski definition) is 1. The minimum absolute atomic E-state index is 0.282. The monoisotopic (exact) mass is 275 g/mol. The van der Waals surface area contributed by atoms with Crippen molar-refractivity contribution in [2.24, 2.45) is 0 Å². The lowest BCUT2D eigenvalue weighted by atomic mass is 9.90. The number of hydrogen-bond acceptors (Lipinski definition) is 1. The zero-order chi connectivity index (χ0) is 14.9. The van der Waals surface area contributed by atoms with E-state index in [1.54, 1.807) is 20.0 Å². The standard InChI is InChI=1S/C17H19F2N/c1-10-6-5-7-11(2)16(10)17(20-4)13-8-12(3)14(18)9-15(13)19/h5-9,17,20H,1-4H3. The van der Waals surface area contributed by atoms with Gasteiger partial charge in [0.25, 0.3) is 0 Å². The molecule has 20 heavy (non-hydrogen) atoms. The van der Waals surface area contributed by atoms with Crippen LogP contribution in [-0.4, -0.2) is 7.05 Å². The summed E-state index contributed by atoms with van der Waals surface area (Å²) in [4.78, 5) is 0. The first-order chi connectivity index (χ1) is 9.45. The van der Waals surface area contributed by atoms with E-state index < -0.39 is 11.6 Å². The van der Waals surface area contributed by atoms with Gasteiger partial charge >= 0.3 is 0 Å². The van der Waals surface area contributed by atoms with Gasteiger partial charge in [-0.2, -0.15) is 0 Å². The highest BCUT2D eigenvalue weighted by Crippen LogP contribution is 2.30. The van der Waals surface area contributed by atoms with Crippen LogP contribution in [0.4, 0.5) is 8.78 Å². The van der Waals surface area contributed by atoms with E-state index in [0.717, 1.165) is 22.8 Å². The van der Waals surface area contributed by atoms with E-state index >= 15 is 0 Å². The first-order valence-electron chi connectivity index (χ1n) is 6.64. The Bertz CT molecular complexity index is 615. The van der Waals surface area contributed by atoms with Gasteiger partial charge in [-0.3, -0.25) is 0 Å². The lowest BCUT2D eigenvalue weighted by Crippen LogP contribution is -2.21. The highest BCUT2D eigenvalue weighted by molar-refractivity contribution is 5.43. The van der Waals surface area contributed by atoms with Crippen LogP contribution in [0.1, 0.15) is 33.9 Å². The molecule has 106 valence electrons. The van der Waals surface area contributed by atoms with E-state index in [1.165, 1.54) is 0 Å². The van der Waals surface area contributed by atoms with Gasteiger partial charge in [0.15, 0.2) is 0 Å². The van der Waals surface area contributed by atoms with Crippen LogP contribution >= 0.6 is 0 Å². The molecule has 2 rings (SSSR count). The molecule has 0 amide bonds. The highest BCUT2D eigenvalue weighted by atomic mass is 19.1. The molecule has 0 aliphatic rings. The molecule has 0 fully saturated rings. The van der Waals surface area contributed by atoms with Crippen LogP contribution in [0, 0.1) is 32.4 Å². The van der Waals surface area contributed by atoms with Gasteiger partial charge in [0.2, 0.25) is 0 Å². The fraction of sp³-hybridized carbons (Fsp3) is 0.294. The van der Waals surface area contributed by atoms with Crippen molar-refractivity contribution in [2.75, 3.05) is 7.05 Å². The smallest absolute Gasteiger partial charge is 0.131 e. The van der Waals surface area contributed by atoms with E-state index in [9.17, 15) is 8.78 Å². The summed E-state index contributed by atoms with van der Waals surface area (Å²) in [6.45, 7) is 5.65. The molecule has 1 atom stereocenters. The van der Waals surface area contributed by atoms with Crippen molar-refractivity contribution in [3.63, 3.8) is 0 Å². The van der Waals surface area contributed by atoms with Gasteiger partial charge in [0.1, 0.15) is 11.6 Å². The molecule has 1 nitrogen and oxygen atoms in total. The molecule has 0 aromatic heterocycles. The van der Waals surface area contributed by atoms with Gasteiger partial charge in [0, 0.05) is 11.6 Å². The second-order valence-corrected chi connectivity index (χ2v) is 5.15. The summed E-state index contributed by atoms with van der Waals surface area (Å²) in [6.07, 6.45) is 0. The molecule has 3 heteroatoms. The van der Waals surface area contributed by atoms with Crippen molar-refractivity contribution in [1.29, 1.82) is 0 Å². The largest absolute Gasteiger partial charge is 0.309 e. The Kier molecular flexibility index (Phi) is 4.19. The molecular weight excluding hydrogens is 256 g/mol. The minimum atomic E-state index is -0.518. The molecule has 2 aromatic carbocycles. The highest BCUT2D eigenvalue weighted by Gasteiger charge is 2.21. The summed E-state index contributed by atoms with van der Waals surface area (Å²) in [5, 5.41) is 3.14. The number of nitrogens with one attached hydrogen (secondary N) is 1. The Labute approximate surface area is 118 Å². The van der Waals surface area contributed by atoms with Gasteiger partial charge in [-0.25, -0.2) is 8.78 Å². The summed E-state index contributed by atoms with van der Waals surface area (Å²) >= 11 is 0. The van der Waals surface area contributed by atoms with E-state index in [-0.39, 0.29) is 6.04 Å². The summed E-state index contributed by atoms with van der Waals surface area (Å²) in [7, 11) is 1.79. The van der Waals surface area contributed by atoms with Crippen LogP contribution in [0.2, 0.25) is 0 Å². The van der Waals surface area contributed by atoms with Crippen LogP contribution in [0.5, 0.6) is 0 Å². The Morgan fingerprint density at radius 1 is 0.900 bits per heavy atom. The zero-order valence-electron chi connectivity index (χ0n) is 12.2. The average molecular weight is 275 g/mol. The molecule has 2 aromatic rings. The normalized spacial score (nSPS) is 12.5. The number of aryl methyl sites for hydroxylation is 3. The van der Waals surface area contributed by atoms with Gasteiger partial charge < -0.3 is 5.32 Å². The van der Waals surface area contributed by atoms with Gasteiger partial charge in [0.05, 0.1) is 6.04 Å². The number of rotatable bonds is 3. The maximum absolute atomic E-state index is 14.1. The third-order valence-corrected chi connectivity index (χ3v) is 3.71. The zero-order valence-corrected chi connectivity index (χ0v) is 12.2. The van der Waals surface area contributed by atoms with Crippen molar-refractivity contribution in [2.45, 2.75) is 26.8 Å². The van der Waals surface area contributed by atoms with Crippen molar-refractivity contribution in [3.05, 3.63) is 69.8 Å². The molecule has 0 heterocycles. The maximum atomic E-state index is 14.1. The Morgan fingerprint density at radius 3 is 2.05 bits per heavy atom.